The van der Waals surface area contributed by atoms with Gasteiger partial charge in [-0.3, -0.25) is 9.59 Å². The molecule has 0 N–H and O–H groups in total. The van der Waals surface area contributed by atoms with Crippen LogP contribution >= 0.6 is 0 Å². The van der Waals surface area contributed by atoms with Crippen molar-refractivity contribution in [2.75, 3.05) is 7.11 Å². The van der Waals surface area contributed by atoms with Crippen molar-refractivity contribution < 1.29 is 18.8 Å². The topological polar surface area (TPSA) is 68.2 Å². The van der Waals surface area contributed by atoms with Crippen molar-refractivity contribution in [3.05, 3.63) is 71.8 Å². The molecule has 6 nitrogen and oxygen atoms in total. The van der Waals surface area contributed by atoms with E-state index in [4.69, 9.17) is 14.3 Å². The molecule has 0 unspecified atom stereocenters. The molecule has 1 heterocycles. The summed E-state index contributed by atoms with van der Waals surface area (Å²) in [5.74, 6) is -0.649. The largest absolute Gasteiger partial charge is 0.468 e. The molecule has 2 aromatic rings. The van der Waals surface area contributed by atoms with Crippen LogP contribution < -0.4 is 0 Å². The second kappa shape index (κ2) is 7.92. The number of carbonyl (C=O) groups excluding carboxylic acids is 2. The Bertz CT molecular complexity index is 1090. The molecule has 0 saturated heterocycles. The van der Waals surface area contributed by atoms with Crippen LogP contribution in [0.25, 0.3) is 0 Å². The zero-order chi connectivity index (χ0) is 24.1. The van der Waals surface area contributed by atoms with Crippen molar-refractivity contribution in [2.45, 2.75) is 57.5 Å². The standard InChI is InChI=1S/C26H32N2O4Si/c1-24(2,3)33(5,6)32-26-18-25(26,23(30)31-4)17-21(19-13-9-7-10-14-19)27-28(26)22(29)20-15-11-8-12-16-20/h7-16H,17-18H2,1-6H3/t25-,26-/m1/s1. The van der Waals surface area contributed by atoms with Gasteiger partial charge in [0.2, 0.25) is 0 Å². The Morgan fingerprint density at radius 1 is 1.00 bits per heavy atom. The van der Waals surface area contributed by atoms with Gasteiger partial charge in [-0.15, -0.1) is 0 Å². The Hall–Kier alpha value is -2.77. The van der Waals surface area contributed by atoms with Crippen LogP contribution in [0.4, 0.5) is 0 Å². The quantitative estimate of drug-likeness (QED) is 0.449. The summed E-state index contributed by atoms with van der Waals surface area (Å²) in [5.41, 5.74) is -0.0979. The third kappa shape index (κ3) is 3.73. The number of esters is 1. The molecule has 1 amide bonds. The first kappa shape index (κ1) is 23.4. The molecule has 0 aromatic heterocycles. The lowest BCUT2D eigenvalue weighted by Crippen LogP contribution is -2.57. The average molecular weight is 465 g/mol. The van der Waals surface area contributed by atoms with E-state index in [2.05, 4.69) is 33.9 Å². The minimum atomic E-state index is -2.39. The number of fused-ring (bicyclic) bond motifs is 1. The third-order valence-corrected chi connectivity index (χ3v) is 11.8. The number of hydrogen-bond acceptors (Lipinski definition) is 5. The monoisotopic (exact) mass is 464 g/mol. The van der Waals surface area contributed by atoms with Gasteiger partial charge in [-0.1, -0.05) is 69.3 Å². The summed E-state index contributed by atoms with van der Waals surface area (Å²) >= 11 is 0. The number of methoxy groups -OCH3 is 1. The van der Waals surface area contributed by atoms with E-state index < -0.39 is 19.5 Å². The zero-order valence-corrected chi connectivity index (χ0v) is 21.2. The van der Waals surface area contributed by atoms with Gasteiger partial charge in [-0.25, -0.2) is 0 Å². The van der Waals surface area contributed by atoms with Crippen LogP contribution in [0.3, 0.4) is 0 Å². The highest BCUT2D eigenvalue weighted by molar-refractivity contribution is 6.74. The van der Waals surface area contributed by atoms with E-state index in [1.807, 2.05) is 48.5 Å². The number of hydrogen-bond donors (Lipinski definition) is 0. The fourth-order valence-corrected chi connectivity index (χ4v) is 5.82. The van der Waals surface area contributed by atoms with Crippen LogP contribution in [-0.2, 0) is 14.0 Å². The molecule has 7 heteroatoms. The van der Waals surface area contributed by atoms with E-state index in [1.54, 1.807) is 12.1 Å². The Kier molecular flexibility index (Phi) is 5.61. The first-order valence-corrected chi connectivity index (χ1v) is 14.2. The van der Waals surface area contributed by atoms with Crippen LogP contribution in [0.2, 0.25) is 18.1 Å². The van der Waals surface area contributed by atoms with Gasteiger partial charge in [0.05, 0.1) is 12.8 Å². The molecule has 174 valence electrons. The smallest absolute Gasteiger partial charge is 0.317 e. The third-order valence-electron chi connectivity index (χ3n) is 7.32. The van der Waals surface area contributed by atoms with Crippen LogP contribution in [0.5, 0.6) is 0 Å². The number of hydrazone groups is 1. The van der Waals surface area contributed by atoms with Gasteiger partial charge < -0.3 is 9.16 Å². The first-order chi connectivity index (χ1) is 15.5. The molecule has 2 aromatic carbocycles. The van der Waals surface area contributed by atoms with E-state index in [-0.39, 0.29) is 16.9 Å². The second-order valence-corrected chi connectivity index (χ2v) is 15.2. The van der Waals surface area contributed by atoms with Gasteiger partial charge >= 0.3 is 5.97 Å². The van der Waals surface area contributed by atoms with Gasteiger partial charge in [0.15, 0.2) is 14.0 Å². The predicted molar refractivity (Wildman–Crippen MR) is 130 cm³/mol. The molecular weight excluding hydrogens is 432 g/mol. The maximum absolute atomic E-state index is 13.8. The summed E-state index contributed by atoms with van der Waals surface area (Å²) in [7, 11) is -0.997. The molecule has 2 aliphatic rings. The summed E-state index contributed by atoms with van der Waals surface area (Å²) in [6, 6.07) is 18.7. The lowest BCUT2D eigenvalue weighted by molar-refractivity contribution is -0.153. The van der Waals surface area contributed by atoms with E-state index in [0.717, 1.165) is 5.56 Å². The van der Waals surface area contributed by atoms with Crippen LogP contribution in [0, 0.1) is 5.41 Å². The van der Waals surface area contributed by atoms with Crippen LogP contribution in [-0.4, -0.2) is 43.7 Å². The highest BCUT2D eigenvalue weighted by Crippen LogP contribution is 2.68. The highest BCUT2D eigenvalue weighted by atomic mass is 28.4. The van der Waals surface area contributed by atoms with Crippen LogP contribution in [0.1, 0.15) is 49.5 Å². The number of nitrogens with zero attached hydrogens (tertiary/aromatic N) is 2. The van der Waals surface area contributed by atoms with Gasteiger partial charge in [-0.2, -0.15) is 10.1 Å². The van der Waals surface area contributed by atoms with Crippen molar-refractivity contribution >= 4 is 25.9 Å². The lowest BCUT2D eigenvalue weighted by Gasteiger charge is -2.45. The van der Waals surface area contributed by atoms with E-state index >= 15 is 0 Å². The predicted octanol–water partition coefficient (Wildman–Crippen LogP) is 5.22. The second-order valence-electron chi connectivity index (χ2n) is 10.5. The van der Waals surface area contributed by atoms with Crippen LogP contribution in [0.15, 0.2) is 65.8 Å². The molecule has 0 radical (unpaired) electrons. The average Bonchev–Trinajstić information content (AvgIpc) is 3.46. The first-order valence-electron chi connectivity index (χ1n) is 11.3. The minimum absolute atomic E-state index is 0.114. The molecule has 1 aliphatic heterocycles. The van der Waals surface area contributed by atoms with Gasteiger partial charge in [0.25, 0.3) is 5.91 Å². The lowest BCUT2D eigenvalue weighted by atomic mass is 9.91. The van der Waals surface area contributed by atoms with E-state index in [9.17, 15) is 9.59 Å². The number of ether oxygens (including phenoxy) is 1. The van der Waals surface area contributed by atoms with Crippen molar-refractivity contribution in [2.24, 2.45) is 10.5 Å². The van der Waals surface area contributed by atoms with Gasteiger partial charge in [0, 0.05) is 18.4 Å². The molecule has 33 heavy (non-hydrogen) atoms. The van der Waals surface area contributed by atoms with Crippen molar-refractivity contribution in [3.63, 3.8) is 0 Å². The Balaban J connectivity index is 1.89. The van der Waals surface area contributed by atoms with Gasteiger partial charge in [-0.05, 0) is 35.8 Å². The summed E-state index contributed by atoms with van der Waals surface area (Å²) in [6.45, 7) is 10.7. The Morgan fingerprint density at radius 3 is 2.12 bits per heavy atom. The molecule has 0 spiro atoms. The molecule has 0 bridgehead atoms. The number of rotatable bonds is 5. The van der Waals surface area contributed by atoms with Crippen molar-refractivity contribution in [3.8, 4) is 0 Å². The van der Waals surface area contributed by atoms with Crippen molar-refractivity contribution in [1.29, 1.82) is 0 Å². The SMILES string of the molecule is COC(=O)[C@]12CC(c3ccccc3)=NN(C(=O)c3ccccc3)[C@@]1(O[Si](C)(C)C(C)(C)C)C2. The zero-order valence-electron chi connectivity index (χ0n) is 20.2. The summed E-state index contributed by atoms with van der Waals surface area (Å²) in [4.78, 5) is 27.1. The maximum atomic E-state index is 13.8. The van der Waals surface area contributed by atoms with E-state index in [1.165, 1.54) is 12.1 Å². The summed E-state index contributed by atoms with van der Waals surface area (Å²) < 4.78 is 12.2. The van der Waals surface area contributed by atoms with Gasteiger partial charge in [0.1, 0.15) is 5.41 Å². The Morgan fingerprint density at radius 2 is 1.58 bits per heavy atom. The van der Waals surface area contributed by atoms with E-state index in [0.29, 0.717) is 24.1 Å². The Labute approximate surface area is 196 Å². The fourth-order valence-electron chi connectivity index (χ4n) is 4.32. The molecule has 1 fully saturated rings. The molecular formula is C26H32N2O4Si. The van der Waals surface area contributed by atoms with Crippen molar-refractivity contribution in [1.82, 2.24) is 5.01 Å². The molecule has 4 rings (SSSR count). The summed E-state index contributed by atoms with van der Waals surface area (Å²) in [5, 5.41) is 6.16. The molecule has 2 atom stereocenters. The summed E-state index contributed by atoms with van der Waals surface area (Å²) in [6.07, 6.45) is 0.717. The molecule has 1 saturated carbocycles. The number of amides is 1. The fraction of sp³-hybridized carbons (Fsp3) is 0.423. The normalized spacial score (nSPS) is 24.5. The number of benzene rings is 2. The maximum Gasteiger partial charge on any atom is 0.317 e. The minimum Gasteiger partial charge on any atom is -0.468 e. The molecule has 1 aliphatic carbocycles. The number of carbonyl (C=O) groups is 2. The highest BCUT2D eigenvalue weighted by Gasteiger charge is 2.81.